The van der Waals surface area contributed by atoms with Gasteiger partial charge in [-0.1, -0.05) is 29.3 Å². The Bertz CT molecular complexity index is 494. The molecule has 1 amide bonds. The summed E-state index contributed by atoms with van der Waals surface area (Å²) in [6.45, 7) is 0.281. The Hall–Kier alpha value is -1.30. The molecular weight excluding hydrogens is 291 g/mol. The topological polar surface area (TPSA) is 83.6 Å². The second-order valence-corrected chi connectivity index (χ2v) is 4.96. The zero-order valence-electron chi connectivity index (χ0n) is 10.3. The van der Waals surface area contributed by atoms with E-state index in [1.165, 1.54) is 4.90 Å². The SMILES string of the molecule is CN(Cc1ccc(Cl)c(Cl)c1)C(=O)C(N)CC(=O)O. The number of aliphatic carboxylic acids is 1. The minimum absolute atomic E-state index is 0.281. The van der Waals surface area contributed by atoms with Crippen LogP contribution in [0.5, 0.6) is 0 Å². The van der Waals surface area contributed by atoms with Gasteiger partial charge < -0.3 is 15.7 Å². The summed E-state index contributed by atoms with van der Waals surface area (Å²) in [5.41, 5.74) is 6.29. The van der Waals surface area contributed by atoms with Crippen LogP contribution in [-0.4, -0.2) is 35.0 Å². The molecule has 7 heteroatoms. The first-order chi connectivity index (χ1) is 8.81. The Kier molecular flexibility index (Phi) is 5.60. The normalized spacial score (nSPS) is 12.0. The molecule has 0 aromatic heterocycles. The smallest absolute Gasteiger partial charge is 0.305 e. The molecule has 5 nitrogen and oxygen atoms in total. The second kappa shape index (κ2) is 6.75. The summed E-state index contributed by atoms with van der Waals surface area (Å²) in [5.74, 6) is -1.54. The highest BCUT2D eigenvalue weighted by Crippen LogP contribution is 2.23. The van der Waals surface area contributed by atoms with Gasteiger partial charge in [0.25, 0.3) is 0 Å². The lowest BCUT2D eigenvalue weighted by molar-refractivity contribution is -0.141. The van der Waals surface area contributed by atoms with E-state index in [2.05, 4.69) is 0 Å². The van der Waals surface area contributed by atoms with Gasteiger partial charge in [0, 0.05) is 13.6 Å². The number of hydrogen-bond acceptors (Lipinski definition) is 3. The van der Waals surface area contributed by atoms with Crippen molar-refractivity contribution in [3.63, 3.8) is 0 Å². The van der Waals surface area contributed by atoms with Crippen molar-refractivity contribution in [2.24, 2.45) is 5.73 Å². The average molecular weight is 305 g/mol. The predicted octanol–water partition coefficient (Wildman–Crippen LogP) is 1.75. The van der Waals surface area contributed by atoms with Gasteiger partial charge in [0.2, 0.25) is 5.91 Å². The van der Waals surface area contributed by atoms with Crippen molar-refractivity contribution in [1.29, 1.82) is 0 Å². The molecule has 0 radical (unpaired) electrons. The first-order valence-electron chi connectivity index (χ1n) is 5.47. The molecule has 3 N–H and O–H groups in total. The molecule has 1 unspecified atom stereocenters. The van der Waals surface area contributed by atoms with Crippen molar-refractivity contribution in [2.45, 2.75) is 19.0 Å². The summed E-state index contributed by atoms with van der Waals surface area (Å²) in [6, 6.07) is 3.97. The summed E-state index contributed by atoms with van der Waals surface area (Å²) in [7, 11) is 1.55. The molecule has 0 bridgehead atoms. The molecule has 1 aromatic rings. The zero-order valence-corrected chi connectivity index (χ0v) is 11.8. The van der Waals surface area contributed by atoms with E-state index in [9.17, 15) is 9.59 Å². The van der Waals surface area contributed by atoms with Crippen LogP contribution in [0.3, 0.4) is 0 Å². The predicted molar refractivity (Wildman–Crippen MR) is 73.2 cm³/mol. The molecule has 1 rings (SSSR count). The largest absolute Gasteiger partial charge is 0.481 e. The number of carbonyl (C=O) groups is 2. The third-order valence-electron chi connectivity index (χ3n) is 2.49. The maximum absolute atomic E-state index is 11.8. The van der Waals surface area contributed by atoms with Crippen LogP contribution in [0.2, 0.25) is 10.0 Å². The van der Waals surface area contributed by atoms with Crippen molar-refractivity contribution in [3.8, 4) is 0 Å². The minimum atomic E-state index is -1.11. The highest BCUT2D eigenvalue weighted by Gasteiger charge is 2.20. The molecule has 0 saturated heterocycles. The van der Waals surface area contributed by atoms with E-state index in [1.807, 2.05) is 0 Å². The van der Waals surface area contributed by atoms with E-state index in [0.717, 1.165) is 5.56 Å². The Morgan fingerprint density at radius 1 is 1.37 bits per heavy atom. The maximum atomic E-state index is 11.8. The summed E-state index contributed by atoms with van der Waals surface area (Å²) in [5, 5.41) is 9.42. The van der Waals surface area contributed by atoms with Crippen molar-refractivity contribution in [2.75, 3.05) is 7.05 Å². The molecular formula is C12H14Cl2N2O3. The van der Waals surface area contributed by atoms with Gasteiger partial charge in [-0.25, -0.2) is 0 Å². The highest BCUT2D eigenvalue weighted by molar-refractivity contribution is 6.42. The maximum Gasteiger partial charge on any atom is 0.305 e. The fraction of sp³-hybridized carbons (Fsp3) is 0.333. The van der Waals surface area contributed by atoms with Crippen LogP contribution in [0.25, 0.3) is 0 Å². The molecule has 0 fully saturated rings. The molecule has 0 heterocycles. The van der Waals surface area contributed by atoms with E-state index >= 15 is 0 Å². The Morgan fingerprint density at radius 2 is 2.00 bits per heavy atom. The molecule has 0 aliphatic heterocycles. The summed E-state index contributed by atoms with van der Waals surface area (Å²) < 4.78 is 0. The minimum Gasteiger partial charge on any atom is -0.481 e. The van der Waals surface area contributed by atoms with Crippen LogP contribution in [0, 0.1) is 0 Å². The van der Waals surface area contributed by atoms with Crippen LogP contribution in [-0.2, 0) is 16.1 Å². The average Bonchev–Trinajstić information content (AvgIpc) is 2.32. The summed E-state index contributed by atoms with van der Waals surface area (Å²) >= 11 is 11.7. The molecule has 0 spiro atoms. The molecule has 0 aliphatic rings. The van der Waals surface area contributed by atoms with Gasteiger partial charge in [-0.05, 0) is 17.7 Å². The van der Waals surface area contributed by atoms with Crippen LogP contribution in [0.1, 0.15) is 12.0 Å². The number of benzene rings is 1. The number of rotatable bonds is 5. The number of carboxylic acids is 1. The standard InChI is InChI=1S/C12H14Cl2N2O3/c1-16(12(19)10(15)5-11(17)18)6-7-2-3-8(13)9(14)4-7/h2-4,10H,5-6,15H2,1H3,(H,17,18). The molecule has 1 atom stereocenters. The molecule has 19 heavy (non-hydrogen) atoms. The summed E-state index contributed by atoms with van der Waals surface area (Å²) in [4.78, 5) is 23.7. The van der Waals surface area contributed by atoms with Gasteiger partial charge in [0.05, 0.1) is 22.5 Å². The van der Waals surface area contributed by atoms with Crippen molar-refractivity contribution in [1.82, 2.24) is 4.90 Å². The lowest BCUT2D eigenvalue weighted by Crippen LogP contribution is -2.42. The van der Waals surface area contributed by atoms with Crippen molar-refractivity contribution in [3.05, 3.63) is 33.8 Å². The van der Waals surface area contributed by atoms with Crippen LogP contribution >= 0.6 is 23.2 Å². The number of carboxylic acid groups (broad SMARTS) is 1. The third kappa shape index (κ3) is 4.70. The van der Waals surface area contributed by atoms with E-state index in [4.69, 9.17) is 34.0 Å². The van der Waals surface area contributed by atoms with Gasteiger partial charge in [-0.15, -0.1) is 0 Å². The van der Waals surface area contributed by atoms with Crippen molar-refractivity contribution < 1.29 is 14.7 Å². The third-order valence-corrected chi connectivity index (χ3v) is 3.23. The summed E-state index contributed by atoms with van der Waals surface area (Å²) in [6.07, 6.45) is -0.398. The molecule has 104 valence electrons. The van der Waals surface area contributed by atoms with Crippen LogP contribution in [0.4, 0.5) is 0 Å². The highest BCUT2D eigenvalue weighted by atomic mass is 35.5. The van der Waals surface area contributed by atoms with E-state index in [0.29, 0.717) is 10.0 Å². The number of halogens is 2. The quantitative estimate of drug-likeness (QED) is 0.868. The van der Waals surface area contributed by atoms with Crippen molar-refractivity contribution >= 4 is 35.1 Å². The van der Waals surface area contributed by atoms with Gasteiger partial charge in [-0.2, -0.15) is 0 Å². The fourth-order valence-corrected chi connectivity index (χ4v) is 1.87. The lowest BCUT2D eigenvalue weighted by atomic mass is 10.1. The van der Waals surface area contributed by atoms with E-state index in [1.54, 1.807) is 25.2 Å². The lowest BCUT2D eigenvalue weighted by Gasteiger charge is -2.20. The number of nitrogens with two attached hydrogens (primary N) is 1. The van der Waals surface area contributed by atoms with Gasteiger partial charge in [0.1, 0.15) is 0 Å². The zero-order chi connectivity index (χ0) is 14.6. The van der Waals surface area contributed by atoms with E-state index < -0.39 is 24.3 Å². The number of nitrogens with zero attached hydrogens (tertiary/aromatic N) is 1. The first-order valence-corrected chi connectivity index (χ1v) is 6.23. The Morgan fingerprint density at radius 3 is 2.53 bits per heavy atom. The van der Waals surface area contributed by atoms with Crippen LogP contribution < -0.4 is 5.73 Å². The van der Waals surface area contributed by atoms with Gasteiger partial charge >= 0.3 is 5.97 Å². The second-order valence-electron chi connectivity index (χ2n) is 4.15. The fourth-order valence-electron chi connectivity index (χ4n) is 1.55. The molecule has 0 aliphatic carbocycles. The monoisotopic (exact) mass is 304 g/mol. The Balaban J connectivity index is 2.68. The van der Waals surface area contributed by atoms with Crippen LogP contribution in [0.15, 0.2) is 18.2 Å². The van der Waals surface area contributed by atoms with Gasteiger partial charge in [-0.3, -0.25) is 9.59 Å². The first kappa shape index (κ1) is 15.8. The molecule has 0 saturated carbocycles. The van der Waals surface area contributed by atoms with Gasteiger partial charge in [0.15, 0.2) is 0 Å². The Labute approximate surface area is 120 Å². The number of carbonyl (C=O) groups excluding carboxylic acids is 1. The number of hydrogen-bond donors (Lipinski definition) is 2. The van der Waals surface area contributed by atoms with E-state index in [-0.39, 0.29) is 6.54 Å². The molecule has 1 aromatic carbocycles. The number of amides is 1. The number of likely N-dealkylation sites (N-methyl/N-ethyl adjacent to an activating group) is 1.